The van der Waals surface area contributed by atoms with Crippen LogP contribution in [0, 0.1) is 5.41 Å². The summed E-state index contributed by atoms with van der Waals surface area (Å²) in [7, 11) is 0. The summed E-state index contributed by atoms with van der Waals surface area (Å²) in [5.41, 5.74) is 1.58. The minimum atomic E-state index is 0.532. The minimum Gasteiger partial charge on any atom is -0.296 e. The molecule has 1 fully saturated rings. The van der Waals surface area contributed by atoms with Crippen molar-refractivity contribution in [1.82, 2.24) is 9.88 Å². The molecule has 1 aromatic rings. The van der Waals surface area contributed by atoms with Gasteiger partial charge >= 0.3 is 0 Å². The average molecular weight is 273 g/mol. The van der Waals surface area contributed by atoms with Crippen molar-refractivity contribution >= 4 is 22.9 Å². The Hall–Kier alpha value is -0.120. The first kappa shape index (κ1) is 13.3. The molecular weight excluding hydrogens is 252 g/mol. The second-order valence-electron chi connectivity index (χ2n) is 5.03. The van der Waals surface area contributed by atoms with Crippen LogP contribution < -0.4 is 0 Å². The van der Waals surface area contributed by atoms with Gasteiger partial charge in [-0.2, -0.15) is 0 Å². The molecule has 0 spiro atoms. The number of alkyl halides is 1. The van der Waals surface area contributed by atoms with E-state index in [-0.39, 0.29) is 0 Å². The zero-order chi connectivity index (χ0) is 12.3. The van der Waals surface area contributed by atoms with Gasteiger partial charge < -0.3 is 0 Å². The van der Waals surface area contributed by atoms with Crippen molar-refractivity contribution in [3.63, 3.8) is 0 Å². The smallest absolute Gasteiger partial charge is 0.107 e. The standard InChI is InChI=1S/C13H21ClN2S/c1-3-13(4-2)5-6-16(10-13)8-12-15-11(7-14)9-17-12/h9H,3-8,10H2,1-2H3. The first-order valence-electron chi connectivity index (χ1n) is 6.43. The molecule has 0 radical (unpaired) electrons. The van der Waals surface area contributed by atoms with Crippen molar-refractivity contribution in [2.24, 2.45) is 5.41 Å². The molecular formula is C13H21ClN2S. The molecule has 2 nitrogen and oxygen atoms in total. The molecule has 96 valence electrons. The topological polar surface area (TPSA) is 16.1 Å². The summed E-state index contributed by atoms with van der Waals surface area (Å²) in [6, 6.07) is 0. The lowest BCUT2D eigenvalue weighted by Crippen LogP contribution is -2.26. The summed E-state index contributed by atoms with van der Waals surface area (Å²) >= 11 is 7.52. The van der Waals surface area contributed by atoms with Crippen LogP contribution in [0.2, 0.25) is 0 Å². The third-order valence-electron chi connectivity index (χ3n) is 4.11. The van der Waals surface area contributed by atoms with Crippen LogP contribution in [0.4, 0.5) is 0 Å². The van der Waals surface area contributed by atoms with E-state index in [9.17, 15) is 0 Å². The Kier molecular flexibility index (Phi) is 4.45. The normalized spacial score (nSPS) is 19.9. The second-order valence-corrected chi connectivity index (χ2v) is 6.24. The van der Waals surface area contributed by atoms with Crippen LogP contribution in [0.3, 0.4) is 0 Å². The summed E-state index contributed by atoms with van der Waals surface area (Å²) in [6.07, 6.45) is 3.93. The van der Waals surface area contributed by atoms with Crippen LogP contribution in [0.25, 0.3) is 0 Å². The fourth-order valence-electron chi connectivity index (χ4n) is 2.66. The van der Waals surface area contributed by atoms with Crippen molar-refractivity contribution < 1.29 is 0 Å². The highest BCUT2D eigenvalue weighted by molar-refractivity contribution is 7.09. The number of hydrogen-bond acceptors (Lipinski definition) is 3. The molecule has 1 aromatic heterocycles. The fourth-order valence-corrected chi connectivity index (χ4v) is 3.73. The third-order valence-corrected chi connectivity index (χ3v) is 5.27. The second kappa shape index (κ2) is 5.68. The van der Waals surface area contributed by atoms with Crippen LogP contribution in [-0.4, -0.2) is 23.0 Å². The highest BCUT2D eigenvalue weighted by Crippen LogP contribution is 2.37. The first-order chi connectivity index (χ1) is 8.21. The van der Waals surface area contributed by atoms with Gasteiger partial charge in [0.2, 0.25) is 0 Å². The highest BCUT2D eigenvalue weighted by Gasteiger charge is 2.34. The van der Waals surface area contributed by atoms with Crippen LogP contribution in [0.5, 0.6) is 0 Å². The lowest BCUT2D eigenvalue weighted by molar-refractivity contribution is 0.236. The van der Waals surface area contributed by atoms with E-state index < -0.39 is 0 Å². The predicted octanol–water partition coefficient (Wildman–Crippen LogP) is 3.89. The number of hydrogen-bond donors (Lipinski definition) is 0. The maximum Gasteiger partial charge on any atom is 0.107 e. The lowest BCUT2D eigenvalue weighted by Gasteiger charge is -2.26. The first-order valence-corrected chi connectivity index (χ1v) is 7.84. The van der Waals surface area contributed by atoms with E-state index in [1.807, 2.05) is 0 Å². The molecule has 0 unspecified atom stereocenters. The van der Waals surface area contributed by atoms with Gasteiger partial charge in [0.15, 0.2) is 0 Å². The Morgan fingerprint density at radius 2 is 2.24 bits per heavy atom. The molecule has 1 saturated heterocycles. The molecule has 0 atom stereocenters. The zero-order valence-corrected chi connectivity index (χ0v) is 12.3. The van der Waals surface area contributed by atoms with Crippen LogP contribution in [0.15, 0.2) is 5.38 Å². The Morgan fingerprint density at radius 1 is 1.47 bits per heavy atom. The molecule has 0 bridgehead atoms. The van der Waals surface area contributed by atoms with Gasteiger partial charge in [-0.1, -0.05) is 13.8 Å². The molecule has 17 heavy (non-hydrogen) atoms. The Labute approximate surface area is 113 Å². The Morgan fingerprint density at radius 3 is 2.76 bits per heavy atom. The summed E-state index contributed by atoms with van der Waals surface area (Å²) in [4.78, 5) is 7.08. The van der Waals surface area contributed by atoms with Gasteiger partial charge in [-0.15, -0.1) is 22.9 Å². The molecule has 0 amide bonds. The molecule has 0 aliphatic carbocycles. The maximum atomic E-state index is 5.78. The maximum absolute atomic E-state index is 5.78. The average Bonchev–Trinajstić information content (AvgIpc) is 2.97. The minimum absolute atomic E-state index is 0.532. The van der Waals surface area contributed by atoms with E-state index >= 15 is 0 Å². The molecule has 2 heterocycles. The Balaban J connectivity index is 1.93. The molecule has 0 saturated carbocycles. The summed E-state index contributed by atoms with van der Waals surface area (Å²) in [5, 5.41) is 3.29. The van der Waals surface area contributed by atoms with E-state index in [1.54, 1.807) is 11.3 Å². The van der Waals surface area contributed by atoms with Crippen molar-refractivity contribution in [2.75, 3.05) is 13.1 Å². The number of halogens is 1. The molecule has 0 aromatic carbocycles. The van der Waals surface area contributed by atoms with Crippen LogP contribution in [-0.2, 0) is 12.4 Å². The van der Waals surface area contributed by atoms with Crippen molar-refractivity contribution in [2.45, 2.75) is 45.5 Å². The number of aromatic nitrogens is 1. The summed E-state index contributed by atoms with van der Waals surface area (Å²) in [6.45, 7) is 8.10. The Bertz CT molecular complexity index is 360. The van der Waals surface area contributed by atoms with Crippen molar-refractivity contribution in [1.29, 1.82) is 0 Å². The SMILES string of the molecule is CCC1(CC)CCN(Cc2nc(CCl)cs2)C1. The van der Waals surface area contributed by atoms with Gasteiger partial charge in [0, 0.05) is 11.9 Å². The van der Waals surface area contributed by atoms with E-state index in [0.29, 0.717) is 11.3 Å². The predicted molar refractivity (Wildman–Crippen MR) is 74.6 cm³/mol. The summed E-state index contributed by atoms with van der Waals surface area (Å²) in [5.74, 6) is 0.532. The number of thiazole rings is 1. The molecule has 1 aliphatic rings. The molecule has 2 rings (SSSR count). The van der Waals surface area contributed by atoms with Crippen LogP contribution in [0.1, 0.15) is 43.8 Å². The van der Waals surface area contributed by atoms with E-state index in [1.165, 1.54) is 37.4 Å². The van der Waals surface area contributed by atoms with Crippen molar-refractivity contribution in [3.05, 3.63) is 16.1 Å². The van der Waals surface area contributed by atoms with Gasteiger partial charge in [-0.25, -0.2) is 4.98 Å². The lowest BCUT2D eigenvalue weighted by atomic mass is 9.82. The van der Waals surface area contributed by atoms with Gasteiger partial charge in [0.1, 0.15) is 5.01 Å². The zero-order valence-electron chi connectivity index (χ0n) is 10.7. The highest BCUT2D eigenvalue weighted by atomic mass is 35.5. The molecule has 0 N–H and O–H groups in total. The van der Waals surface area contributed by atoms with E-state index in [0.717, 1.165) is 12.2 Å². The largest absolute Gasteiger partial charge is 0.296 e. The van der Waals surface area contributed by atoms with Crippen LogP contribution >= 0.6 is 22.9 Å². The van der Waals surface area contributed by atoms with Gasteiger partial charge in [-0.3, -0.25) is 4.90 Å². The van der Waals surface area contributed by atoms with Gasteiger partial charge in [0.05, 0.1) is 18.1 Å². The summed E-state index contributed by atoms with van der Waals surface area (Å²) < 4.78 is 0. The molecule has 4 heteroatoms. The number of nitrogens with zero attached hydrogens (tertiary/aromatic N) is 2. The third kappa shape index (κ3) is 3.01. The number of rotatable bonds is 5. The van der Waals surface area contributed by atoms with Crippen molar-refractivity contribution in [3.8, 4) is 0 Å². The monoisotopic (exact) mass is 272 g/mol. The molecule has 1 aliphatic heterocycles. The van der Waals surface area contributed by atoms with Gasteiger partial charge in [0.25, 0.3) is 0 Å². The fraction of sp³-hybridized carbons (Fsp3) is 0.769. The van der Waals surface area contributed by atoms with E-state index in [4.69, 9.17) is 11.6 Å². The van der Waals surface area contributed by atoms with E-state index in [2.05, 4.69) is 29.1 Å². The quantitative estimate of drug-likeness (QED) is 0.756. The number of likely N-dealkylation sites (tertiary alicyclic amines) is 1. The van der Waals surface area contributed by atoms with Gasteiger partial charge in [-0.05, 0) is 31.2 Å².